The number of H-pyrrole nitrogens is 1. The molecule has 3 rings (SSSR count). The second-order valence-corrected chi connectivity index (χ2v) is 7.29. The van der Waals surface area contributed by atoms with Crippen molar-refractivity contribution in [2.45, 2.75) is 26.9 Å². The molecular weight excluding hydrogens is 320 g/mol. The van der Waals surface area contributed by atoms with Gasteiger partial charge in [-0.2, -0.15) is 5.10 Å². The largest absolute Gasteiger partial charge is 0.378 e. The summed E-state index contributed by atoms with van der Waals surface area (Å²) in [5, 5.41) is 11.7. The van der Waals surface area contributed by atoms with Crippen molar-refractivity contribution in [2.75, 3.05) is 19.4 Å². The second-order valence-electron chi connectivity index (χ2n) is 6.09. The van der Waals surface area contributed by atoms with Crippen LogP contribution in [-0.4, -0.2) is 39.2 Å². The maximum absolute atomic E-state index is 4.50. The van der Waals surface area contributed by atoms with Crippen molar-refractivity contribution in [3.8, 4) is 11.4 Å². The molecule has 3 aromatic rings. The summed E-state index contributed by atoms with van der Waals surface area (Å²) in [6.07, 6.45) is 1.96. The van der Waals surface area contributed by atoms with Crippen LogP contribution in [0.1, 0.15) is 21.3 Å². The molecule has 7 heteroatoms. The molecule has 0 aliphatic carbocycles. The number of hydrogen-bond donors (Lipinski definition) is 2. The molecule has 2 N–H and O–H groups in total. The van der Waals surface area contributed by atoms with Crippen LogP contribution in [0.5, 0.6) is 0 Å². The Labute approximate surface area is 146 Å². The fraction of sp³-hybridized carbons (Fsp3) is 0.353. The molecule has 0 aliphatic heterocycles. The molecule has 1 aromatic carbocycles. The Morgan fingerprint density at radius 1 is 1.25 bits per heavy atom. The zero-order valence-electron chi connectivity index (χ0n) is 14.4. The Bertz CT molecular complexity index is 820. The summed E-state index contributed by atoms with van der Waals surface area (Å²) in [6.45, 7) is 5.64. The molecule has 0 saturated heterocycles. The molecule has 0 spiro atoms. The lowest BCUT2D eigenvalue weighted by Crippen LogP contribution is -2.09. The summed E-state index contributed by atoms with van der Waals surface area (Å²) in [5.41, 5.74) is 3.27. The van der Waals surface area contributed by atoms with Gasteiger partial charge in [0.05, 0.1) is 6.54 Å². The van der Waals surface area contributed by atoms with Gasteiger partial charge in [0.2, 0.25) is 0 Å². The molecule has 0 aliphatic rings. The number of thiazole rings is 1. The fourth-order valence-electron chi connectivity index (χ4n) is 2.41. The minimum absolute atomic E-state index is 0.718. The van der Waals surface area contributed by atoms with Crippen molar-refractivity contribution in [3.05, 3.63) is 45.7 Å². The summed E-state index contributed by atoms with van der Waals surface area (Å²) in [4.78, 5) is 12.3. The van der Waals surface area contributed by atoms with Crippen LogP contribution in [0.4, 0.5) is 5.69 Å². The predicted octanol–water partition coefficient (Wildman–Crippen LogP) is 3.22. The lowest BCUT2D eigenvalue weighted by molar-refractivity contribution is 0.406. The van der Waals surface area contributed by atoms with Gasteiger partial charge in [-0.15, -0.1) is 11.3 Å². The van der Waals surface area contributed by atoms with Crippen LogP contribution in [0.15, 0.2) is 24.4 Å². The minimum atomic E-state index is 0.718. The third-order valence-corrected chi connectivity index (χ3v) is 4.58. The number of anilines is 1. The summed E-state index contributed by atoms with van der Waals surface area (Å²) in [7, 11) is 4.13. The first-order chi connectivity index (χ1) is 11.5. The topological polar surface area (TPSA) is 69.7 Å². The van der Waals surface area contributed by atoms with E-state index in [2.05, 4.69) is 63.5 Å². The molecule has 126 valence electrons. The standard InChI is InChI=1S/C17H22N6S/c1-11-5-6-13(17-20-12(2)21-22-17)7-15(11)18-9-16-19-8-14(24-16)10-23(3)4/h5-8,18H,9-10H2,1-4H3,(H,20,21,22). The molecule has 24 heavy (non-hydrogen) atoms. The Morgan fingerprint density at radius 3 is 2.79 bits per heavy atom. The summed E-state index contributed by atoms with van der Waals surface area (Å²) in [6, 6.07) is 6.22. The second kappa shape index (κ2) is 7.11. The van der Waals surface area contributed by atoms with Crippen LogP contribution >= 0.6 is 11.3 Å². The molecule has 2 heterocycles. The third kappa shape index (κ3) is 3.98. The third-order valence-electron chi connectivity index (χ3n) is 3.60. The summed E-state index contributed by atoms with van der Waals surface area (Å²) in [5.74, 6) is 1.54. The maximum atomic E-state index is 4.50. The Kier molecular flexibility index (Phi) is 4.92. The minimum Gasteiger partial charge on any atom is -0.378 e. The van der Waals surface area contributed by atoms with Crippen LogP contribution < -0.4 is 5.32 Å². The number of nitrogens with one attached hydrogen (secondary N) is 2. The monoisotopic (exact) mass is 342 g/mol. The number of benzene rings is 1. The molecule has 0 radical (unpaired) electrons. The smallest absolute Gasteiger partial charge is 0.181 e. The number of nitrogens with zero attached hydrogens (tertiary/aromatic N) is 4. The van der Waals surface area contributed by atoms with Gasteiger partial charge >= 0.3 is 0 Å². The lowest BCUT2D eigenvalue weighted by Gasteiger charge is -2.09. The molecule has 6 nitrogen and oxygen atoms in total. The van der Waals surface area contributed by atoms with Crippen LogP contribution in [0.2, 0.25) is 0 Å². The van der Waals surface area contributed by atoms with Crippen molar-refractivity contribution >= 4 is 17.0 Å². The number of aromatic amines is 1. The first kappa shape index (κ1) is 16.6. The van der Waals surface area contributed by atoms with E-state index in [1.165, 1.54) is 10.4 Å². The molecule has 0 amide bonds. The number of aromatic nitrogens is 4. The van der Waals surface area contributed by atoms with E-state index in [1.807, 2.05) is 19.2 Å². The highest BCUT2D eigenvalue weighted by atomic mass is 32.1. The van der Waals surface area contributed by atoms with Gasteiger partial charge in [0, 0.05) is 28.9 Å². The maximum Gasteiger partial charge on any atom is 0.181 e. The van der Waals surface area contributed by atoms with Gasteiger partial charge in [-0.1, -0.05) is 12.1 Å². The van der Waals surface area contributed by atoms with E-state index in [-0.39, 0.29) is 0 Å². The molecular formula is C17H22N6S. The normalized spacial score (nSPS) is 11.2. The highest BCUT2D eigenvalue weighted by Crippen LogP contribution is 2.24. The van der Waals surface area contributed by atoms with Gasteiger partial charge in [0.25, 0.3) is 0 Å². The average molecular weight is 342 g/mol. The zero-order valence-corrected chi connectivity index (χ0v) is 15.2. The highest BCUT2D eigenvalue weighted by molar-refractivity contribution is 7.11. The zero-order chi connectivity index (χ0) is 17.1. The first-order valence-electron chi connectivity index (χ1n) is 7.83. The van der Waals surface area contributed by atoms with E-state index >= 15 is 0 Å². The quantitative estimate of drug-likeness (QED) is 0.720. The molecule has 0 unspecified atom stereocenters. The van der Waals surface area contributed by atoms with Gasteiger partial charge in [-0.3, -0.25) is 5.10 Å². The van der Waals surface area contributed by atoms with Crippen molar-refractivity contribution in [3.63, 3.8) is 0 Å². The average Bonchev–Trinajstić information content (AvgIpc) is 3.15. The van der Waals surface area contributed by atoms with E-state index in [0.717, 1.165) is 41.0 Å². The van der Waals surface area contributed by atoms with Crippen molar-refractivity contribution in [1.82, 2.24) is 25.1 Å². The molecule has 0 atom stereocenters. The summed E-state index contributed by atoms with van der Waals surface area (Å²) < 4.78 is 0. The van der Waals surface area contributed by atoms with Crippen molar-refractivity contribution in [1.29, 1.82) is 0 Å². The molecule has 0 saturated carbocycles. The van der Waals surface area contributed by atoms with Crippen LogP contribution in [0.3, 0.4) is 0 Å². The Morgan fingerprint density at radius 2 is 2.08 bits per heavy atom. The van der Waals surface area contributed by atoms with Gasteiger partial charge in [0.1, 0.15) is 10.8 Å². The summed E-state index contributed by atoms with van der Waals surface area (Å²) >= 11 is 1.75. The van der Waals surface area contributed by atoms with Gasteiger partial charge in [-0.25, -0.2) is 9.97 Å². The van der Waals surface area contributed by atoms with Crippen molar-refractivity contribution < 1.29 is 0 Å². The van der Waals surface area contributed by atoms with Gasteiger partial charge < -0.3 is 10.2 Å². The SMILES string of the molecule is Cc1nc(-c2ccc(C)c(NCc3ncc(CN(C)C)s3)c2)n[nH]1. The Hall–Kier alpha value is -2.25. The van der Waals surface area contributed by atoms with Crippen LogP contribution in [-0.2, 0) is 13.1 Å². The van der Waals surface area contributed by atoms with Gasteiger partial charge in [0.15, 0.2) is 5.82 Å². The van der Waals surface area contributed by atoms with E-state index in [0.29, 0.717) is 0 Å². The van der Waals surface area contributed by atoms with E-state index in [9.17, 15) is 0 Å². The van der Waals surface area contributed by atoms with Crippen molar-refractivity contribution in [2.24, 2.45) is 0 Å². The lowest BCUT2D eigenvalue weighted by atomic mass is 10.1. The predicted molar refractivity (Wildman–Crippen MR) is 98.1 cm³/mol. The van der Waals surface area contributed by atoms with Crippen LogP contribution in [0, 0.1) is 13.8 Å². The number of hydrogen-bond acceptors (Lipinski definition) is 6. The molecule has 0 fully saturated rings. The van der Waals surface area contributed by atoms with E-state index in [1.54, 1.807) is 11.3 Å². The Balaban J connectivity index is 1.71. The van der Waals surface area contributed by atoms with E-state index in [4.69, 9.17) is 0 Å². The number of aryl methyl sites for hydroxylation is 2. The molecule has 0 bridgehead atoms. The van der Waals surface area contributed by atoms with E-state index < -0.39 is 0 Å². The van der Waals surface area contributed by atoms with Gasteiger partial charge in [-0.05, 0) is 39.6 Å². The highest BCUT2D eigenvalue weighted by Gasteiger charge is 2.08. The first-order valence-corrected chi connectivity index (χ1v) is 8.65. The molecule has 2 aromatic heterocycles. The fourth-order valence-corrected chi connectivity index (χ4v) is 3.39. The van der Waals surface area contributed by atoms with Crippen LogP contribution in [0.25, 0.3) is 11.4 Å². The number of rotatable bonds is 6.